The van der Waals surface area contributed by atoms with Crippen molar-refractivity contribution in [1.29, 1.82) is 0 Å². The molecule has 0 aliphatic carbocycles. The first-order valence-electron chi connectivity index (χ1n) is 9.61. The maximum absolute atomic E-state index is 12.2. The molecular weight excluding hydrogens is 414 g/mol. The Labute approximate surface area is 181 Å². The van der Waals surface area contributed by atoms with E-state index in [2.05, 4.69) is 20.4 Å². The first-order valence-corrected chi connectivity index (χ1v) is 9.99. The zero-order valence-electron chi connectivity index (χ0n) is 16.6. The van der Waals surface area contributed by atoms with Gasteiger partial charge in [-0.3, -0.25) is 9.48 Å². The Hall–Kier alpha value is -3.75. The second-order valence-corrected chi connectivity index (χ2v) is 7.47. The largest absolute Gasteiger partial charge is 0.325 e. The molecule has 0 radical (unpaired) electrons. The van der Waals surface area contributed by atoms with E-state index in [1.165, 1.54) is 0 Å². The topological polar surface area (TPSA) is 107 Å². The molecule has 0 saturated heterocycles. The van der Waals surface area contributed by atoms with E-state index in [4.69, 9.17) is 17.3 Å². The van der Waals surface area contributed by atoms with Crippen molar-refractivity contribution in [1.82, 2.24) is 29.8 Å². The van der Waals surface area contributed by atoms with Crippen molar-refractivity contribution in [2.24, 2.45) is 12.8 Å². The first kappa shape index (κ1) is 19.2. The molecule has 3 N–H and O–H groups in total. The molecule has 0 atom stereocenters. The molecular formula is C22H18ClN7O. The maximum Gasteiger partial charge on any atom is 0.272 e. The second-order valence-electron chi connectivity index (χ2n) is 7.11. The van der Waals surface area contributed by atoms with Crippen molar-refractivity contribution in [3.05, 3.63) is 82.1 Å². The molecule has 31 heavy (non-hydrogen) atoms. The molecule has 154 valence electrons. The highest BCUT2D eigenvalue weighted by molar-refractivity contribution is 6.32. The van der Waals surface area contributed by atoms with E-state index in [1.54, 1.807) is 21.6 Å². The third-order valence-electron chi connectivity index (χ3n) is 5.26. The second kappa shape index (κ2) is 7.50. The number of fused-ring (bicyclic) bond motifs is 1. The Morgan fingerprint density at radius 1 is 1.10 bits per heavy atom. The van der Waals surface area contributed by atoms with Crippen LogP contribution in [-0.4, -0.2) is 29.8 Å². The molecule has 0 aliphatic rings. The highest BCUT2D eigenvalue weighted by Crippen LogP contribution is 2.36. The fraction of sp³-hybridized carbons (Fsp3) is 0.0909. The number of H-pyrrole nitrogens is 1. The number of rotatable bonds is 4. The van der Waals surface area contributed by atoms with Gasteiger partial charge in [-0.15, -0.1) is 0 Å². The zero-order chi connectivity index (χ0) is 21.5. The van der Waals surface area contributed by atoms with Crippen molar-refractivity contribution < 1.29 is 0 Å². The van der Waals surface area contributed by atoms with Crippen LogP contribution in [0.25, 0.3) is 38.8 Å². The number of aromatic amines is 1. The standard InChI is InChI=1S/C22H18ClN7O/c1-29-20(18-12-30(28-21(18)23)14-5-3-2-4-6-14)17(11-25-29)13-7-8-15-16(9-13)19(10-24)26-27-22(15)31/h2-9,11-12H,10,24H2,1H3,(H,27,31). The van der Waals surface area contributed by atoms with E-state index in [-0.39, 0.29) is 12.1 Å². The Morgan fingerprint density at radius 2 is 1.90 bits per heavy atom. The lowest BCUT2D eigenvalue weighted by Gasteiger charge is -2.08. The van der Waals surface area contributed by atoms with Crippen molar-refractivity contribution in [2.75, 3.05) is 0 Å². The lowest BCUT2D eigenvalue weighted by atomic mass is 10.00. The van der Waals surface area contributed by atoms with E-state index in [9.17, 15) is 4.79 Å². The number of nitrogens with zero attached hydrogens (tertiary/aromatic N) is 5. The van der Waals surface area contributed by atoms with Gasteiger partial charge in [0.2, 0.25) is 0 Å². The van der Waals surface area contributed by atoms with Crippen LogP contribution in [-0.2, 0) is 13.6 Å². The number of hydrogen-bond acceptors (Lipinski definition) is 5. The Bertz CT molecular complexity index is 1470. The summed E-state index contributed by atoms with van der Waals surface area (Å²) in [5, 5.41) is 17.1. The van der Waals surface area contributed by atoms with Gasteiger partial charge in [-0.1, -0.05) is 35.9 Å². The van der Waals surface area contributed by atoms with E-state index in [0.717, 1.165) is 28.1 Å². The average Bonchev–Trinajstić information content (AvgIpc) is 3.36. The number of benzene rings is 2. The Morgan fingerprint density at radius 3 is 2.68 bits per heavy atom. The highest BCUT2D eigenvalue weighted by atomic mass is 35.5. The Balaban J connectivity index is 1.68. The van der Waals surface area contributed by atoms with Crippen molar-refractivity contribution in [2.45, 2.75) is 6.54 Å². The molecule has 2 aromatic carbocycles. The van der Waals surface area contributed by atoms with Gasteiger partial charge in [0.25, 0.3) is 5.56 Å². The monoisotopic (exact) mass is 431 g/mol. The van der Waals surface area contributed by atoms with Crippen molar-refractivity contribution >= 4 is 22.4 Å². The highest BCUT2D eigenvalue weighted by Gasteiger charge is 2.20. The molecule has 0 saturated carbocycles. The van der Waals surface area contributed by atoms with Crippen LogP contribution in [0.3, 0.4) is 0 Å². The maximum atomic E-state index is 12.2. The third kappa shape index (κ3) is 3.22. The van der Waals surface area contributed by atoms with Gasteiger partial charge >= 0.3 is 0 Å². The van der Waals surface area contributed by atoms with Crippen LogP contribution in [0.1, 0.15) is 5.69 Å². The number of nitrogens with one attached hydrogen (secondary N) is 1. The molecule has 9 heteroatoms. The van der Waals surface area contributed by atoms with Gasteiger partial charge in [-0.2, -0.15) is 15.3 Å². The van der Waals surface area contributed by atoms with Crippen LogP contribution in [0.5, 0.6) is 0 Å². The van der Waals surface area contributed by atoms with E-state index in [1.807, 2.05) is 55.7 Å². The molecule has 0 unspecified atom stereocenters. The third-order valence-corrected chi connectivity index (χ3v) is 5.53. The molecule has 8 nitrogen and oxygen atoms in total. The lowest BCUT2D eigenvalue weighted by Crippen LogP contribution is -2.13. The fourth-order valence-electron chi connectivity index (χ4n) is 3.74. The molecule has 3 aromatic heterocycles. The lowest BCUT2D eigenvalue weighted by molar-refractivity contribution is 0.776. The summed E-state index contributed by atoms with van der Waals surface area (Å²) in [6.45, 7) is 0.215. The smallest absolute Gasteiger partial charge is 0.272 e. The van der Waals surface area contributed by atoms with Crippen LogP contribution >= 0.6 is 11.6 Å². The molecule has 0 spiro atoms. The summed E-state index contributed by atoms with van der Waals surface area (Å²) in [6, 6.07) is 15.3. The minimum Gasteiger partial charge on any atom is -0.325 e. The number of aromatic nitrogens is 6. The summed E-state index contributed by atoms with van der Waals surface area (Å²) in [4.78, 5) is 12.2. The van der Waals surface area contributed by atoms with Gasteiger partial charge in [0.05, 0.1) is 34.2 Å². The van der Waals surface area contributed by atoms with Gasteiger partial charge in [0.1, 0.15) is 0 Å². The minimum atomic E-state index is -0.252. The molecule has 3 heterocycles. The molecule has 5 rings (SSSR count). The van der Waals surface area contributed by atoms with Crippen molar-refractivity contribution in [3.63, 3.8) is 0 Å². The summed E-state index contributed by atoms with van der Waals surface area (Å²) in [5.41, 5.74) is 10.4. The van der Waals surface area contributed by atoms with Gasteiger partial charge < -0.3 is 5.73 Å². The summed E-state index contributed by atoms with van der Waals surface area (Å²) >= 11 is 6.54. The Kier molecular flexibility index (Phi) is 4.65. The summed E-state index contributed by atoms with van der Waals surface area (Å²) < 4.78 is 3.50. The number of hydrogen-bond donors (Lipinski definition) is 2. The summed E-state index contributed by atoms with van der Waals surface area (Å²) in [7, 11) is 1.85. The predicted molar refractivity (Wildman–Crippen MR) is 120 cm³/mol. The number of nitrogens with two attached hydrogens (primary N) is 1. The van der Waals surface area contributed by atoms with Gasteiger partial charge in [-0.25, -0.2) is 9.78 Å². The van der Waals surface area contributed by atoms with Crippen LogP contribution in [0.15, 0.2) is 65.7 Å². The average molecular weight is 432 g/mol. The molecule has 0 amide bonds. The van der Waals surface area contributed by atoms with Crippen LogP contribution in [0.2, 0.25) is 5.15 Å². The van der Waals surface area contributed by atoms with Gasteiger partial charge in [0, 0.05) is 30.7 Å². The molecule has 5 aromatic rings. The SMILES string of the molecule is Cn1ncc(-c2ccc3c(=O)[nH]nc(CN)c3c2)c1-c1cn(-c2ccccc2)nc1Cl. The van der Waals surface area contributed by atoms with E-state index >= 15 is 0 Å². The first-order chi connectivity index (χ1) is 15.1. The minimum absolute atomic E-state index is 0.215. The summed E-state index contributed by atoms with van der Waals surface area (Å²) in [5.74, 6) is 0. The predicted octanol–water partition coefficient (Wildman–Crippen LogP) is 3.29. The molecule has 0 aliphatic heterocycles. The van der Waals surface area contributed by atoms with Crippen LogP contribution in [0.4, 0.5) is 0 Å². The van der Waals surface area contributed by atoms with Gasteiger partial charge in [-0.05, 0) is 29.8 Å². The quantitative estimate of drug-likeness (QED) is 0.454. The number of para-hydroxylation sites is 1. The normalized spacial score (nSPS) is 11.3. The van der Waals surface area contributed by atoms with Gasteiger partial charge in [0.15, 0.2) is 5.15 Å². The van der Waals surface area contributed by atoms with E-state index in [0.29, 0.717) is 21.6 Å². The fourth-order valence-corrected chi connectivity index (χ4v) is 3.96. The number of halogens is 1. The van der Waals surface area contributed by atoms with Crippen LogP contribution < -0.4 is 11.3 Å². The van der Waals surface area contributed by atoms with Crippen LogP contribution in [0, 0.1) is 0 Å². The van der Waals surface area contributed by atoms with Crippen molar-refractivity contribution in [3.8, 4) is 28.1 Å². The molecule has 0 bridgehead atoms. The number of aryl methyl sites for hydroxylation is 1. The zero-order valence-corrected chi connectivity index (χ0v) is 17.3. The van der Waals surface area contributed by atoms with E-state index < -0.39 is 0 Å². The molecule has 0 fully saturated rings. The summed E-state index contributed by atoms with van der Waals surface area (Å²) in [6.07, 6.45) is 3.66.